The van der Waals surface area contributed by atoms with Gasteiger partial charge < -0.3 is 20.2 Å². The third-order valence-electron chi connectivity index (χ3n) is 6.68. The Kier molecular flexibility index (Phi) is 7.63. The van der Waals surface area contributed by atoms with Crippen molar-refractivity contribution in [3.05, 3.63) is 48.5 Å². The van der Waals surface area contributed by atoms with Crippen LogP contribution in [0.3, 0.4) is 0 Å². The highest BCUT2D eigenvalue weighted by atomic mass is 32.2. The molecule has 7 nitrogen and oxygen atoms in total. The summed E-state index contributed by atoms with van der Waals surface area (Å²) in [6.45, 7) is 2.25. The second-order valence-electron chi connectivity index (χ2n) is 8.77. The van der Waals surface area contributed by atoms with E-state index in [2.05, 4.69) is 34.5 Å². The number of carbonyl (C=O) groups excluding carboxylic acids is 1. The SMILES string of the molecule is N#CCNC(=O)C1(Sc2ccccc2-c2ccccc2N2CCN(C(=O)O)CC2)CCCCC1. The highest BCUT2D eigenvalue weighted by Gasteiger charge is 2.41. The fourth-order valence-electron chi connectivity index (χ4n) is 4.88. The highest BCUT2D eigenvalue weighted by Crippen LogP contribution is 2.48. The first-order valence-corrected chi connectivity index (χ1v) is 12.6. The van der Waals surface area contributed by atoms with Crippen molar-refractivity contribution in [3.8, 4) is 17.2 Å². The molecule has 1 heterocycles. The molecule has 0 bridgehead atoms. The standard InChI is InChI=1S/C26H30N4O3S/c27-14-15-28-24(31)26(12-6-1-7-13-26)34-23-11-5-3-9-21(23)20-8-2-4-10-22(20)29-16-18-30(19-17-29)25(32)33/h2-5,8-11H,1,6-7,12-13,15-19H2,(H,28,31)(H,32,33). The lowest BCUT2D eigenvalue weighted by Gasteiger charge is -2.37. The molecule has 0 aromatic heterocycles. The van der Waals surface area contributed by atoms with Crippen LogP contribution in [-0.4, -0.2) is 59.5 Å². The number of para-hydroxylation sites is 1. The van der Waals surface area contributed by atoms with Gasteiger partial charge in [0.15, 0.2) is 0 Å². The monoisotopic (exact) mass is 478 g/mol. The van der Waals surface area contributed by atoms with E-state index in [9.17, 15) is 14.7 Å². The summed E-state index contributed by atoms with van der Waals surface area (Å²) in [7, 11) is 0. The van der Waals surface area contributed by atoms with E-state index >= 15 is 0 Å². The van der Waals surface area contributed by atoms with Gasteiger partial charge in [-0.15, -0.1) is 11.8 Å². The van der Waals surface area contributed by atoms with Gasteiger partial charge in [0.2, 0.25) is 5.91 Å². The van der Waals surface area contributed by atoms with Crippen molar-refractivity contribution in [3.63, 3.8) is 0 Å². The van der Waals surface area contributed by atoms with Crippen molar-refractivity contribution >= 4 is 29.4 Å². The maximum Gasteiger partial charge on any atom is 0.407 e. The third kappa shape index (κ3) is 5.15. The van der Waals surface area contributed by atoms with Crippen molar-refractivity contribution in [2.75, 3.05) is 37.6 Å². The molecule has 34 heavy (non-hydrogen) atoms. The molecular formula is C26H30N4O3S. The van der Waals surface area contributed by atoms with E-state index in [-0.39, 0.29) is 12.5 Å². The minimum absolute atomic E-state index is 0.0218. The molecule has 1 saturated carbocycles. The number of piperazine rings is 1. The fraction of sp³-hybridized carbons (Fsp3) is 0.423. The van der Waals surface area contributed by atoms with E-state index < -0.39 is 10.8 Å². The van der Waals surface area contributed by atoms with Crippen LogP contribution in [0.2, 0.25) is 0 Å². The summed E-state index contributed by atoms with van der Waals surface area (Å²) < 4.78 is -0.576. The van der Waals surface area contributed by atoms with Crippen molar-refractivity contribution in [1.82, 2.24) is 10.2 Å². The summed E-state index contributed by atoms with van der Waals surface area (Å²) >= 11 is 1.63. The molecule has 1 aliphatic carbocycles. The molecule has 2 aromatic carbocycles. The van der Waals surface area contributed by atoms with E-state index in [0.717, 1.165) is 53.8 Å². The van der Waals surface area contributed by atoms with E-state index in [1.54, 1.807) is 11.8 Å². The Bertz CT molecular complexity index is 1070. The Balaban J connectivity index is 1.65. The topological polar surface area (TPSA) is 96.7 Å². The largest absolute Gasteiger partial charge is 0.465 e. The number of carboxylic acid groups (broad SMARTS) is 1. The van der Waals surface area contributed by atoms with Crippen LogP contribution >= 0.6 is 11.8 Å². The lowest BCUT2D eigenvalue weighted by Crippen LogP contribution is -2.48. The lowest BCUT2D eigenvalue weighted by molar-refractivity contribution is -0.124. The van der Waals surface area contributed by atoms with E-state index in [1.807, 2.05) is 30.3 Å². The quantitative estimate of drug-likeness (QED) is 0.590. The maximum absolute atomic E-state index is 13.2. The van der Waals surface area contributed by atoms with Gasteiger partial charge in [0.05, 0.1) is 10.8 Å². The number of nitriles is 1. The fourth-order valence-corrected chi connectivity index (χ4v) is 6.40. The zero-order valence-electron chi connectivity index (χ0n) is 19.2. The van der Waals surface area contributed by atoms with Gasteiger partial charge in [-0.2, -0.15) is 5.26 Å². The Morgan fingerprint density at radius 1 is 0.971 bits per heavy atom. The molecule has 4 rings (SSSR count). The predicted molar refractivity (Wildman–Crippen MR) is 134 cm³/mol. The van der Waals surface area contributed by atoms with Crippen molar-refractivity contribution in [2.24, 2.45) is 0 Å². The average Bonchev–Trinajstić information content (AvgIpc) is 2.88. The normalized spacial score (nSPS) is 17.6. The summed E-state index contributed by atoms with van der Waals surface area (Å²) in [5, 5.41) is 21.1. The summed E-state index contributed by atoms with van der Waals surface area (Å²) in [4.78, 5) is 29.3. The molecule has 2 amide bonds. The van der Waals surface area contributed by atoms with Gasteiger partial charge >= 0.3 is 6.09 Å². The van der Waals surface area contributed by atoms with Crippen LogP contribution in [0, 0.1) is 11.3 Å². The van der Waals surface area contributed by atoms with Crippen LogP contribution in [0.25, 0.3) is 11.1 Å². The van der Waals surface area contributed by atoms with Crippen LogP contribution in [0.4, 0.5) is 10.5 Å². The van der Waals surface area contributed by atoms with Crippen LogP contribution in [-0.2, 0) is 4.79 Å². The molecule has 2 fully saturated rings. The summed E-state index contributed by atoms with van der Waals surface area (Å²) in [5.74, 6) is -0.0494. The molecule has 0 atom stereocenters. The van der Waals surface area contributed by atoms with Crippen molar-refractivity contribution in [2.45, 2.75) is 41.7 Å². The molecule has 0 radical (unpaired) electrons. The number of nitrogens with zero attached hydrogens (tertiary/aromatic N) is 3. The third-order valence-corrected chi connectivity index (χ3v) is 8.24. The molecule has 2 N–H and O–H groups in total. The molecule has 1 aliphatic heterocycles. The van der Waals surface area contributed by atoms with Crippen LogP contribution in [0.5, 0.6) is 0 Å². The second kappa shape index (κ2) is 10.8. The minimum atomic E-state index is -0.873. The van der Waals surface area contributed by atoms with Crippen LogP contribution in [0.1, 0.15) is 32.1 Å². The highest BCUT2D eigenvalue weighted by molar-refractivity contribution is 8.01. The molecule has 0 spiro atoms. The number of amides is 2. The minimum Gasteiger partial charge on any atom is -0.465 e. The summed E-state index contributed by atoms with van der Waals surface area (Å²) in [6.07, 6.45) is 3.84. The number of rotatable bonds is 6. The molecule has 8 heteroatoms. The maximum atomic E-state index is 13.2. The van der Waals surface area contributed by atoms with Gasteiger partial charge in [0.25, 0.3) is 0 Å². The van der Waals surface area contributed by atoms with E-state index in [1.165, 1.54) is 4.90 Å². The van der Waals surface area contributed by atoms with Gasteiger partial charge in [0.1, 0.15) is 6.54 Å². The number of thioether (sulfide) groups is 1. The molecular weight excluding hydrogens is 448 g/mol. The second-order valence-corrected chi connectivity index (χ2v) is 10.2. The average molecular weight is 479 g/mol. The van der Waals surface area contributed by atoms with Gasteiger partial charge in [-0.3, -0.25) is 4.79 Å². The Morgan fingerprint density at radius 2 is 1.62 bits per heavy atom. The number of hydrogen-bond donors (Lipinski definition) is 2. The number of nitrogens with one attached hydrogen (secondary N) is 1. The molecule has 2 aliphatic rings. The van der Waals surface area contributed by atoms with E-state index in [4.69, 9.17) is 5.26 Å². The van der Waals surface area contributed by atoms with Crippen LogP contribution in [0.15, 0.2) is 53.4 Å². The lowest BCUT2D eigenvalue weighted by atomic mass is 9.87. The Labute approximate surface area is 204 Å². The molecule has 178 valence electrons. The Morgan fingerprint density at radius 3 is 2.29 bits per heavy atom. The number of benzene rings is 2. The van der Waals surface area contributed by atoms with Gasteiger partial charge in [-0.25, -0.2) is 4.79 Å². The van der Waals surface area contributed by atoms with Gasteiger partial charge in [-0.1, -0.05) is 55.7 Å². The van der Waals surface area contributed by atoms with Gasteiger partial charge in [0, 0.05) is 42.3 Å². The van der Waals surface area contributed by atoms with Crippen LogP contribution < -0.4 is 10.2 Å². The number of carbonyl (C=O) groups is 2. The molecule has 0 unspecified atom stereocenters. The Hall–Kier alpha value is -3.18. The summed E-state index contributed by atoms with van der Waals surface area (Å²) in [5.41, 5.74) is 3.23. The predicted octanol–water partition coefficient (Wildman–Crippen LogP) is 4.59. The van der Waals surface area contributed by atoms with E-state index in [0.29, 0.717) is 26.2 Å². The zero-order valence-corrected chi connectivity index (χ0v) is 20.0. The first kappa shape index (κ1) is 24.0. The first-order chi connectivity index (χ1) is 16.5. The molecule has 2 aromatic rings. The smallest absolute Gasteiger partial charge is 0.407 e. The number of anilines is 1. The van der Waals surface area contributed by atoms with Crippen molar-refractivity contribution in [1.29, 1.82) is 5.26 Å². The van der Waals surface area contributed by atoms with Gasteiger partial charge in [-0.05, 0) is 30.5 Å². The zero-order chi connectivity index (χ0) is 24.0. The first-order valence-electron chi connectivity index (χ1n) is 11.8. The number of hydrogen-bond acceptors (Lipinski definition) is 5. The van der Waals surface area contributed by atoms with Crippen molar-refractivity contribution < 1.29 is 14.7 Å². The molecule has 1 saturated heterocycles. The summed E-state index contributed by atoms with van der Waals surface area (Å²) in [6, 6.07) is 18.4.